The molecule has 1 aromatic rings. The highest BCUT2D eigenvalue weighted by Crippen LogP contribution is 2.16. The largest absolute Gasteiger partial charge is 0.355 e. The van der Waals surface area contributed by atoms with Gasteiger partial charge in [0, 0.05) is 24.7 Å². The normalized spacial score (nSPS) is 13.0. The summed E-state index contributed by atoms with van der Waals surface area (Å²) in [6.07, 6.45) is 0. The molecule has 0 aliphatic heterocycles. The van der Waals surface area contributed by atoms with Gasteiger partial charge < -0.3 is 16.4 Å². The molecular weight excluding hydrogens is 290 g/mol. The molecule has 2 amide bonds. The van der Waals surface area contributed by atoms with Crippen molar-refractivity contribution in [3.63, 3.8) is 0 Å². The number of amides is 2. The molecule has 118 valence electrons. The van der Waals surface area contributed by atoms with Crippen LogP contribution in [0.3, 0.4) is 0 Å². The Morgan fingerprint density at radius 1 is 1.24 bits per heavy atom. The zero-order valence-electron chi connectivity index (χ0n) is 12.9. The van der Waals surface area contributed by atoms with E-state index in [9.17, 15) is 9.59 Å². The second-order valence-corrected chi connectivity index (χ2v) is 5.39. The van der Waals surface area contributed by atoms with Crippen LogP contribution in [-0.2, 0) is 0 Å². The van der Waals surface area contributed by atoms with Gasteiger partial charge in [0.25, 0.3) is 11.8 Å². The van der Waals surface area contributed by atoms with Crippen molar-refractivity contribution in [1.29, 1.82) is 0 Å². The molecule has 0 aromatic heterocycles. The van der Waals surface area contributed by atoms with Crippen LogP contribution in [0.15, 0.2) is 24.3 Å². The number of halogens is 1. The van der Waals surface area contributed by atoms with Crippen molar-refractivity contribution in [2.45, 2.75) is 26.3 Å². The number of hydrogen-bond acceptors (Lipinski definition) is 3. The SMILES string of the molecule is CNC(=O)c1cccc(C(=O)NC(C)(CN)C(C)C)c1.Cl. The number of nitrogens with two attached hydrogens (primary N) is 1. The van der Waals surface area contributed by atoms with E-state index in [4.69, 9.17) is 5.73 Å². The van der Waals surface area contributed by atoms with Gasteiger partial charge in [-0.05, 0) is 31.0 Å². The maximum atomic E-state index is 12.3. The van der Waals surface area contributed by atoms with Crippen LogP contribution in [0.25, 0.3) is 0 Å². The van der Waals surface area contributed by atoms with E-state index in [2.05, 4.69) is 10.6 Å². The van der Waals surface area contributed by atoms with Gasteiger partial charge >= 0.3 is 0 Å². The fourth-order valence-corrected chi connectivity index (χ4v) is 1.71. The van der Waals surface area contributed by atoms with E-state index in [-0.39, 0.29) is 30.1 Å². The van der Waals surface area contributed by atoms with E-state index in [1.54, 1.807) is 31.3 Å². The third-order valence-corrected chi connectivity index (χ3v) is 3.71. The van der Waals surface area contributed by atoms with Crippen molar-refractivity contribution in [2.24, 2.45) is 11.7 Å². The van der Waals surface area contributed by atoms with Crippen LogP contribution in [-0.4, -0.2) is 30.9 Å². The third-order valence-electron chi connectivity index (χ3n) is 3.71. The minimum absolute atomic E-state index is 0. The molecule has 0 saturated carbocycles. The fraction of sp³-hybridized carbons (Fsp3) is 0.467. The molecule has 0 aliphatic carbocycles. The molecule has 1 aromatic carbocycles. The molecule has 1 rings (SSSR count). The van der Waals surface area contributed by atoms with Crippen LogP contribution in [0.2, 0.25) is 0 Å². The summed E-state index contributed by atoms with van der Waals surface area (Å²) >= 11 is 0. The lowest BCUT2D eigenvalue weighted by Gasteiger charge is -2.33. The van der Waals surface area contributed by atoms with Crippen LogP contribution in [0.1, 0.15) is 41.5 Å². The topological polar surface area (TPSA) is 84.2 Å². The average Bonchev–Trinajstić information content (AvgIpc) is 2.46. The molecule has 6 heteroatoms. The Morgan fingerprint density at radius 3 is 2.19 bits per heavy atom. The number of nitrogens with one attached hydrogen (secondary N) is 2. The van der Waals surface area contributed by atoms with Gasteiger partial charge in [0.05, 0.1) is 5.54 Å². The van der Waals surface area contributed by atoms with Crippen molar-refractivity contribution >= 4 is 24.2 Å². The van der Waals surface area contributed by atoms with Crippen LogP contribution < -0.4 is 16.4 Å². The smallest absolute Gasteiger partial charge is 0.251 e. The van der Waals surface area contributed by atoms with E-state index >= 15 is 0 Å². The first-order chi connectivity index (χ1) is 9.34. The highest BCUT2D eigenvalue weighted by molar-refractivity contribution is 5.99. The van der Waals surface area contributed by atoms with Crippen molar-refractivity contribution in [3.05, 3.63) is 35.4 Å². The van der Waals surface area contributed by atoms with Crippen LogP contribution in [0, 0.1) is 5.92 Å². The summed E-state index contributed by atoms with van der Waals surface area (Å²) < 4.78 is 0. The lowest BCUT2D eigenvalue weighted by atomic mass is 9.88. The highest BCUT2D eigenvalue weighted by Gasteiger charge is 2.29. The molecule has 0 saturated heterocycles. The Bertz CT molecular complexity index is 505. The fourth-order valence-electron chi connectivity index (χ4n) is 1.71. The molecule has 0 heterocycles. The molecule has 0 aliphatic rings. The van der Waals surface area contributed by atoms with E-state index in [0.29, 0.717) is 17.7 Å². The Balaban J connectivity index is 0.00000400. The second kappa shape index (κ2) is 8.00. The van der Waals surface area contributed by atoms with Crippen molar-refractivity contribution < 1.29 is 9.59 Å². The van der Waals surface area contributed by atoms with E-state index in [0.717, 1.165) is 0 Å². The average molecular weight is 314 g/mol. The first kappa shape index (κ1) is 19.4. The van der Waals surface area contributed by atoms with Gasteiger partial charge in [-0.1, -0.05) is 19.9 Å². The zero-order chi connectivity index (χ0) is 15.3. The second-order valence-electron chi connectivity index (χ2n) is 5.39. The van der Waals surface area contributed by atoms with Crippen molar-refractivity contribution in [3.8, 4) is 0 Å². The molecule has 21 heavy (non-hydrogen) atoms. The van der Waals surface area contributed by atoms with E-state index < -0.39 is 5.54 Å². The van der Waals surface area contributed by atoms with Crippen LogP contribution in [0.4, 0.5) is 0 Å². The molecule has 1 unspecified atom stereocenters. The standard InChI is InChI=1S/C15H23N3O2.ClH/c1-10(2)15(3,9-16)18-14(20)12-7-5-6-11(8-12)13(19)17-4;/h5-8,10H,9,16H2,1-4H3,(H,17,19)(H,18,20);1H. The summed E-state index contributed by atoms with van der Waals surface area (Å²) in [6.45, 7) is 6.28. The molecule has 4 N–H and O–H groups in total. The van der Waals surface area contributed by atoms with Gasteiger partial charge in [0.2, 0.25) is 0 Å². The Kier molecular flexibility index (Phi) is 7.39. The summed E-state index contributed by atoms with van der Waals surface area (Å²) in [7, 11) is 1.55. The molecule has 1 atom stereocenters. The Hall–Kier alpha value is -1.59. The van der Waals surface area contributed by atoms with Gasteiger partial charge in [0.15, 0.2) is 0 Å². The van der Waals surface area contributed by atoms with Crippen molar-refractivity contribution in [1.82, 2.24) is 10.6 Å². The Morgan fingerprint density at radius 2 is 1.76 bits per heavy atom. The van der Waals surface area contributed by atoms with Gasteiger partial charge in [-0.25, -0.2) is 0 Å². The predicted octanol–water partition coefficient (Wildman–Crippen LogP) is 1.57. The molecule has 5 nitrogen and oxygen atoms in total. The summed E-state index contributed by atoms with van der Waals surface area (Å²) in [4.78, 5) is 23.9. The third kappa shape index (κ3) is 4.72. The van der Waals surface area contributed by atoms with Crippen molar-refractivity contribution in [2.75, 3.05) is 13.6 Å². The Labute approximate surface area is 132 Å². The molecule has 0 spiro atoms. The number of carbonyl (C=O) groups is 2. The zero-order valence-corrected chi connectivity index (χ0v) is 13.7. The van der Waals surface area contributed by atoms with Gasteiger partial charge in [0.1, 0.15) is 0 Å². The predicted molar refractivity (Wildman–Crippen MR) is 86.8 cm³/mol. The summed E-state index contributed by atoms with van der Waals surface area (Å²) in [5.74, 6) is -0.235. The summed E-state index contributed by atoms with van der Waals surface area (Å²) in [5.41, 5.74) is 6.19. The monoisotopic (exact) mass is 313 g/mol. The van der Waals surface area contributed by atoms with Crippen LogP contribution in [0.5, 0.6) is 0 Å². The van der Waals surface area contributed by atoms with Gasteiger partial charge in [-0.2, -0.15) is 0 Å². The summed E-state index contributed by atoms with van der Waals surface area (Å²) in [6, 6.07) is 6.61. The van der Waals surface area contributed by atoms with E-state index in [1.165, 1.54) is 0 Å². The first-order valence-corrected chi connectivity index (χ1v) is 6.68. The maximum absolute atomic E-state index is 12.3. The highest BCUT2D eigenvalue weighted by atomic mass is 35.5. The maximum Gasteiger partial charge on any atom is 0.251 e. The number of rotatable bonds is 5. The lowest BCUT2D eigenvalue weighted by molar-refractivity contribution is 0.0883. The van der Waals surface area contributed by atoms with Crippen LogP contribution >= 0.6 is 12.4 Å². The summed E-state index contributed by atoms with van der Waals surface area (Å²) in [5, 5.41) is 5.48. The first-order valence-electron chi connectivity index (χ1n) is 6.68. The van der Waals surface area contributed by atoms with Gasteiger partial charge in [-0.3, -0.25) is 9.59 Å². The molecule has 0 fully saturated rings. The number of benzene rings is 1. The quantitative estimate of drug-likeness (QED) is 0.771. The lowest BCUT2D eigenvalue weighted by Crippen LogP contribution is -2.55. The molecular formula is C15H24ClN3O2. The van der Waals surface area contributed by atoms with Gasteiger partial charge in [-0.15, -0.1) is 12.4 Å². The minimum Gasteiger partial charge on any atom is -0.355 e. The molecule has 0 bridgehead atoms. The van der Waals surface area contributed by atoms with E-state index in [1.807, 2.05) is 20.8 Å². The number of hydrogen-bond donors (Lipinski definition) is 3. The minimum atomic E-state index is -0.472. The molecule has 0 radical (unpaired) electrons. The number of carbonyl (C=O) groups excluding carboxylic acids is 2.